The standard InChI is InChI=1S/C12H13N5O2S/c1-2-11-13-7-12(15-11)20(18,19)17-9-3-4-10-8(5-9)6-14-16-10/h3-7,17H,2H2,1H3,(H,13,15)(H,14,16). The maximum atomic E-state index is 12.2. The fourth-order valence-electron chi connectivity index (χ4n) is 1.88. The molecule has 0 aliphatic rings. The second-order valence-electron chi connectivity index (χ2n) is 4.33. The summed E-state index contributed by atoms with van der Waals surface area (Å²) in [5.41, 5.74) is 1.33. The first-order chi connectivity index (χ1) is 9.58. The average molecular weight is 291 g/mol. The largest absolute Gasteiger partial charge is 0.332 e. The fourth-order valence-corrected chi connectivity index (χ4v) is 2.87. The number of aryl methyl sites for hydroxylation is 1. The van der Waals surface area contributed by atoms with Crippen molar-refractivity contribution >= 4 is 26.6 Å². The molecule has 7 nitrogen and oxygen atoms in total. The summed E-state index contributed by atoms with van der Waals surface area (Å²) < 4.78 is 26.9. The predicted octanol–water partition coefficient (Wildman–Crippen LogP) is 1.65. The van der Waals surface area contributed by atoms with Gasteiger partial charge in [-0.15, -0.1) is 0 Å². The highest BCUT2D eigenvalue weighted by molar-refractivity contribution is 7.92. The first-order valence-corrected chi connectivity index (χ1v) is 7.56. The van der Waals surface area contributed by atoms with E-state index in [0.29, 0.717) is 17.9 Å². The van der Waals surface area contributed by atoms with Crippen LogP contribution in [0.5, 0.6) is 0 Å². The zero-order chi connectivity index (χ0) is 14.2. The number of aromatic amines is 2. The Labute approximate surface area is 115 Å². The number of H-pyrrole nitrogens is 2. The number of fused-ring (bicyclic) bond motifs is 1. The van der Waals surface area contributed by atoms with Crippen LogP contribution < -0.4 is 4.72 Å². The van der Waals surface area contributed by atoms with Crippen molar-refractivity contribution in [3.8, 4) is 0 Å². The molecule has 0 spiro atoms. The number of sulfonamides is 1. The summed E-state index contributed by atoms with van der Waals surface area (Å²) in [6.45, 7) is 1.90. The van der Waals surface area contributed by atoms with Gasteiger partial charge in [-0.25, -0.2) is 4.98 Å². The van der Waals surface area contributed by atoms with Gasteiger partial charge < -0.3 is 4.98 Å². The van der Waals surface area contributed by atoms with Crippen molar-refractivity contribution in [1.82, 2.24) is 20.2 Å². The molecule has 0 aliphatic carbocycles. The smallest absolute Gasteiger partial charge is 0.278 e. The molecule has 3 aromatic rings. The number of aromatic nitrogens is 4. The number of nitrogens with one attached hydrogen (secondary N) is 3. The molecule has 2 aromatic heterocycles. The number of hydrogen-bond donors (Lipinski definition) is 3. The first kappa shape index (κ1) is 12.7. The number of rotatable bonds is 4. The summed E-state index contributed by atoms with van der Waals surface area (Å²) in [4.78, 5) is 6.77. The van der Waals surface area contributed by atoms with Crippen LogP contribution in [0, 0.1) is 0 Å². The molecule has 0 fully saturated rings. The highest BCUT2D eigenvalue weighted by Gasteiger charge is 2.17. The summed E-state index contributed by atoms with van der Waals surface area (Å²) in [5.74, 6) is 0.635. The molecule has 0 atom stereocenters. The van der Waals surface area contributed by atoms with Gasteiger partial charge in [-0.3, -0.25) is 9.82 Å². The molecule has 2 heterocycles. The molecule has 0 saturated heterocycles. The van der Waals surface area contributed by atoms with E-state index in [1.54, 1.807) is 24.4 Å². The second-order valence-corrected chi connectivity index (χ2v) is 5.98. The monoisotopic (exact) mass is 291 g/mol. The summed E-state index contributed by atoms with van der Waals surface area (Å²) in [7, 11) is -3.65. The van der Waals surface area contributed by atoms with E-state index in [4.69, 9.17) is 0 Å². The van der Waals surface area contributed by atoms with E-state index in [-0.39, 0.29) is 5.03 Å². The van der Waals surface area contributed by atoms with Crippen LogP contribution in [0.2, 0.25) is 0 Å². The highest BCUT2D eigenvalue weighted by Crippen LogP contribution is 2.19. The molecular weight excluding hydrogens is 278 g/mol. The average Bonchev–Trinajstić information content (AvgIpc) is 3.06. The van der Waals surface area contributed by atoms with Crippen molar-refractivity contribution in [3.63, 3.8) is 0 Å². The van der Waals surface area contributed by atoms with E-state index < -0.39 is 10.0 Å². The lowest BCUT2D eigenvalue weighted by Gasteiger charge is -2.06. The molecule has 0 amide bonds. The van der Waals surface area contributed by atoms with Gasteiger partial charge >= 0.3 is 0 Å². The minimum absolute atomic E-state index is 0.0571. The Balaban J connectivity index is 1.92. The molecule has 0 aliphatic heterocycles. The van der Waals surface area contributed by atoms with Crippen LogP contribution in [0.1, 0.15) is 12.7 Å². The van der Waals surface area contributed by atoms with Crippen LogP contribution in [0.25, 0.3) is 10.9 Å². The molecule has 0 bridgehead atoms. The first-order valence-electron chi connectivity index (χ1n) is 6.08. The second kappa shape index (κ2) is 4.64. The van der Waals surface area contributed by atoms with E-state index in [1.807, 2.05) is 6.92 Å². The Morgan fingerprint density at radius 2 is 2.15 bits per heavy atom. The summed E-state index contributed by atoms with van der Waals surface area (Å²) in [5, 5.41) is 7.60. The molecule has 104 valence electrons. The van der Waals surface area contributed by atoms with Gasteiger partial charge in [-0.2, -0.15) is 13.5 Å². The van der Waals surface area contributed by atoms with Gasteiger partial charge in [-0.1, -0.05) is 6.92 Å². The van der Waals surface area contributed by atoms with Gasteiger partial charge in [0, 0.05) is 17.5 Å². The highest BCUT2D eigenvalue weighted by atomic mass is 32.2. The Bertz CT molecular complexity index is 849. The van der Waals surface area contributed by atoms with E-state index in [0.717, 1.165) is 10.9 Å². The number of imidazole rings is 1. The van der Waals surface area contributed by atoms with Crippen molar-refractivity contribution in [1.29, 1.82) is 0 Å². The van der Waals surface area contributed by atoms with Crippen LogP contribution in [-0.4, -0.2) is 28.6 Å². The SMILES string of the molecule is CCc1ncc(S(=O)(=O)Nc2ccc3[nH]ncc3c2)[nH]1. The van der Waals surface area contributed by atoms with Gasteiger partial charge in [0.25, 0.3) is 10.0 Å². The van der Waals surface area contributed by atoms with Crippen LogP contribution in [0.15, 0.2) is 35.6 Å². The Morgan fingerprint density at radius 3 is 2.90 bits per heavy atom. The van der Waals surface area contributed by atoms with Gasteiger partial charge in [-0.05, 0) is 18.2 Å². The Hall–Kier alpha value is -2.35. The predicted molar refractivity (Wildman–Crippen MR) is 74.9 cm³/mol. The Morgan fingerprint density at radius 1 is 1.30 bits per heavy atom. The lowest BCUT2D eigenvalue weighted by molar-refractivity contribution is 0.598. The van der Waals surface area contributed by atoms with E-state index >= 15 is 0 Å². The molecule has 0 saturated carbocycles. The van der Waals surface area contributed by atoms with E-state index in [2.05, 4.69) is 24.9 Å². The minimum Gasteiger partial charge on any atom is -0.332 e. The van der Waals surface area contributed by atoms with Crippen molar-refractivity contribution in [2.45, 2.75) is 18.4 Å². The molecular formula is C12H13N5O2S. The molecule has 3 rings (SSSR count). The normalized spacial score (nSPS) is 11.8. The zero-order valence-corrected chi connectivity index (χ0v) is 11.5. The van der Waals surface area contributed by atoms with Crippen LogP contribution in [0.4, 0.5) is 5.69 Å². The molecule has 0 radical (unpaired) electrons. The maximum absolute atomic E-state index is 12.2. The van der Waals surface area contributed by atoms with Crippen molar-refractivity contribution in [2.24, 2.45) is 0 Å². The fraction of sp³-hybridized carbons (Fsp3) is 0.167. The quantitative estimate of drug-likeness (QED) is 0.680. The van der Waals surface area contributed by atoms with Crippen molar-refractivity contribution in [3.05, 3.63) is 36.4 Å². The van der Waals surface area contributed by atoms with E-state index in [1.165, 1.54) is 6.20 Å². The zero-order valence-electron chi connectivity index (χ0n) is 10.7. The number of anilines is 1. The lowest BCUT2D eigenvalue weighted by atomic mass is 10.2. The number of hydrogen-bond acceptors (Lipinski definition) is 4. The molecule has 3 N–H and O–H groups in total. The third kappa shape index (κ3) is 2.25. The van der Waals surface area contributed by atoms with Gasteiger partial charge in [0.05, 0.1) is 17.9 Å². The number of benzene rings is 1. The number of nitrogens with zero attached hydrogens (tertiary/aromatic N) is 2. The van der Waals surface area contributed by atoms with Crippen molar-refractivity contribution < 1.29 is 8.42 Å². The third-order valence-corrected chi connectivity index (χ3v) is 4.21. The van der Waals surface area contributed by atoms with E-state index in [9.17, 15) is 8.42 Å². The Kier molecular flexibility index (Phi) is 2.94. The van der Waals surface area contributed by atoms with Gasteiger partial charge in [0.15, 0.2) is 5.03 Å². The van der Waals surface area contributed by atoms with Crippen LogP contribution >= 0.6 is 0 Å². The van der Waals surface area contributed by atoms with Crippen molar-refractivity contribution in [2.75, 3.05) is 4.72 Å². The molecule has 0 unspecified atom stereocenters. The van der Waals surface area contributed by atoms with Gasteiger partial charge in [0.1, 0.15) is 5.82 Å². The summed E-state index contributed by atoms with van der Waals surface area (Å²) >= 11 is 0. The van der Waals surface area contributed by atoms with Crippen LogP contribution in [-0.2, 0) is 16.4 Å². The third-order valence-electron chi connectivity index (χ3n) is 2.92. The van der Waals surface area contributed by atoms with Gasteiger partial charge in [0.2, 0.25) is 0 Å². The molecule has 20 heavy (non-hydrogen) atoms. The molecule has 8 heteroatoms. The summed E-state index contributed by atoms with van der Waals surface area (Å²) in [6, 6.07) is 5.16. The van der Waals surface area contributed by atoms with Crippen LogP contribution in [0.3, 0.4) is 0 Å². The summed E-state index contributed by atoms with van der Waals surface area (Å²) in [6.07, 6.45) is 3.60. The minimum atomic E-state index is -3.65. The maximum Gasteiger partial charge on any atom is 0.278 e. The molecule has 1 aromatic carbocycles. The lowest BCUT2D eigenvalue weighted by Crippen LogP contribution is -2.13. The topological polar surface area (TPSA) is 104 Å².